The van der Waals surface area contributed by atoms with E-state index in [2.05, 4.69) is 15.3 Å². The average molecular weight is 287 g/mol. The van der Waals surface area contributed by atoms with Crippen LogP contribution in [-0.2, 0) is 4.79 Å². The van der Waals surface area contributed by atoms with Gasteiger partial charge in [0.1, 0.15) is 5.82 Å². The molecule has 1 heterocycles. The van der Waals surface area contributed by atoms with Crippen LogP contribution in [0.15, 0.2) is 30.5 Å². The number of hydrogen-bond donors (Lipinski definition) is 2. The number of fused-ring (bicyclic) bond motifs is 1. The van der Waals surface area contributed by atoms with E-state index in [0.717, 1.165) is 11.0 Å². The lowest BCUT2D eigenvalue weighted by molar-refractivity contribution is -0.142. The monoisotopic (exact) mass is 287 g/mol. The number of carboxylic acid groups (broad SMARTS) is 1. The number of para-hydroxylation sites is 2. The van der Waals surface area contributed by atoms with E-state index in [0.29, 0.717) is 18.8 Å². The van der Waals surface area contributed by atoms with E-state index in [-0.39, 0.29) is 5.41 Å². The zero-order valence-corrected chi connectivity index (χ0v) is 12.6. The second-order valence-electron chi connectivity index (χ2n) is 6.42. The third kappa shape index (κ3) is 4.41. The first kappa shape index (κ1) is 15.2. The van der Waals surface area contributed by atoms with Gasteiger partial charge in [-0.25, -0.2) is 4.98 Å². The molecule has 5 nitrogen and oxygen atoms in total. The standard InChI is InChI=1S/C16H21N3O2/c1-16(2,3)8-11(15(20)21)9-18-14-10-17-12-6-4-5-7-13(12)19-14/h4-7,10-11H,8-9H2,1-3H3,(H,18,19)(H,20,21). The maximum absolute atomic E-state index is 11.3. The van der Waals surface area contributed by atoms with Crippen molar-refractivity contribution in [2.24, 2.45) is 11.3 Å². The fourth-order valence-corrected chi connectivity index (χ4v) is 2.26. The second-order valence-corrected chi connectivity index (χ2v) is 6.42. The molecule has 0 saturated carbocycles. The van der Waals surface area contributed by atoms with Crippen molar-refractivity contribution in [2.75, 3.05) is 11.9 Å². The van der Waals surface area contributed by atoms with Crippen LogP contribution in [0, 0.1) is 11.3 Å². The molecule has 0 aliphatic carbocycles. The van der Waals surface area contributed by atoms with Crippen molar-refractivity contribution in [3.63, 3.8) is 0 Å². The van der Waals surface area contributed by atoms with Crippen LogP contribution in [0.25, 0.3) is 11.0 Å². The molecule has 2 rings (SSSR count). The number of nitrogens with one attached hydrogen (secondary N) is 1. The molecule has 0 aliphatic heterocycles. The molecule has 1 aromatic carbocycles. The van der Waals surface area contributed by atoms with Gasteiger partial charge in [0.05, 0.1) is 23.1 Å². The molecule has 21 heavy (non-hydrogen) atoms. The predicted octanol–water partition coefficient (Wildman–Crippen LogP) is 3.18. The van der Waals surface area contributed by atoms with Gasteiger partial charge in [-0.1, -0.05) is 32.9 Å². The summed E-state index contributed by atoms with van der Waals surface area (Å²) < 4.78 is 0. The Morgan fingerprint density at radius 3 is 2.57 bits per heavy atom. The quantitative estimate of drug-likeness (QED) is 0.883. The van der Waals surface area contributed by atoms with Crippen molar-refractivity contribution in [3.8, 4) is 0 Å². The Hall–Kier alpha value is -2.17. The van der Waals surface area contributed by atoms with Crippen LogP contribution in [0.3, 0.4) is 0 Å². The van der Waals surface area contributed by atoms with E-state index < -0.39 is 11.9 Å². The maximum Gasteiger partial charge on any atom is 0.308 e. The third-order valence-electron chi connectivity index (χ3n) is 3.19. The minimum absolute atomic E-state index is 0.0280. The summed E-state index contributed by atoms with van der Waals surface area (Å²) >= 11 is 0. The fourth-order valence-electron chi connectivity index (χ4n) is 2.26. The van der Waals surface area contributed by atoms with Gasteiger partial charge in [-0.15, -0.1) is 0 Å². The van der Waals surface area contributed by atoms with Gasteiger partial charge < -0.3 is 10.4 Å². The number of hydrogen-bond acceptors (Lipinski definition) is 4. The predicted molar refractivity (Wildman–Crippen MR) is 83.2 cm³/mol. The molecule has 0 fully saturated rings. The summed E-state index contributed by atoms with van der Waals surface area (Å²) in [4.78, 5) is 20.1. The highest BCUT2D eigenvalue weighted by Gasteiger charge is 2.24. The first-order valence-electron chi connectivity index (χ1n) is 7.04. The van der Waals surface area contributed by atoms with E-state index in [9.17, 15) is 9.90 Å². The summed E-state index contributed by atoms with van der Waals surface area (Å²) in [5.41, 5.74) is 1.59. The smallest absolute Gasteiger partial charge is 0.308 e. The van der Waals surface area contributed by atoms with Crippen LogP contribution in [-0.4, -0.2) is 27.6 Å². The molecule has 5 heteroatoms. The molecule has 112 valence electrons. The topological polar surface area (TPSA) is 75.1 Å². The number of aliphatic carboxylic acids is 1. The van der Waals surface area contributed by atoms with Crippen LogP contribution in [0.2, 0.25) is 0 Å². The molecule has 1 atom stereocenters. The highest BCUT2D eigenvalue weighted by Crippen LogP contribution is 2.25. The molecule has 2 aromatic rings. The van der Waals surface area contributed by atoms with Crippen molar-refractivity contribution >= 4 is 22.8 Å². The van der Waals surface area contributed by atoms with Crippen molar-refractivity contribution in [2.45, 2.75) is 27.2 Å². The molecule has 2 N–H and O–H groups in total. The molecular weight excluding hydrogens is 266 g/mol. The Kier molecular flexibility index (Phi) is 4.40. The van der Waals surface area contributed by atoms with E-state index in [4.69, 9.17) is 0 Å². The number of anilines is 1. The van der Waals surface area contributed by atoms with Gasteiger partial charge >= 0.3 is 5.97 Å². The van der Waals surface area contributed by atoms with Gasteiger partial charge in [0.2, 0.25) is 0 Å². The van der Waals surface area contributed by atoms with Crippen LogP contribution in [0.1, 0.15) is 27.2 Å². The minimum atomic E-state index is -0.786. The van der Waals surface area contributed by atoms with Gasteiger partial charge in [-0.05, 0) is 24.0 Å². The highest BCUT2D eigenvalue weighted by atomic mass is 16.4. The van der Waals surface area contributed by atoms with Gasteiger partial charge in [-0.2, -0.15) is 0 Å². The molecule has 1 unspecified atom stereocenters. The van der Waals surface area contributed by atoms with Crippen LogP contribution in [0.4, 0.5) is 5.82 Å². The van der Waals surface area contributed by atoms with Gasteiger partial charge in [0, 0.05) is 6.54 Å². The summed E-state index contributed by atoms with van der Waals surface area (Å²) in [7, 11) is 0. The van der Waals surface area contributed by atoms with Gasteiger partial charge in [0.15, 0.2) is 0 Å². The van der Waals surface area contributed by atoms with Gasteiger partial charge in [0.25, 0.3) is 0 Å². The first-order valence-corrected chi connectivity index (χ1v) is 7.04. The number of rotatable bonds is 5. The number of carbonyl (C=O) groups is 1. The number of benzene rings is 1. The van der Waals surface area contributed by atoms with Gasteiger partial charge in [-0.3, -0.25) is 9.78 Å². The van der Waals surface area contributed by atoms with Crippen molar-refractivity contribution < 1.29 is 9.90 Å². The number of carboxylic acids is 1. The Labute approximate surface area is 124 Å². The van der Waals surface area contributed by atoms with Crippen molar-refractivity contribution in [1.29, 1.82) is 0 Å². The molecule has 0 saturated heterocycles. The van der Waals surface area contributed by atoms with E-state index in [1.807, 2.05) is 45.0 Å². The average Bonchev–Trinajstić information content (AvgIpc) is 2.41. The molecule has 0 bridgehead atoms. The number of aromatic nitrogens is 2. The summed E-state index contributed by atoms with van der Waals surface area (Å²) in [6.45, 7) is 6.47. The Balaban J connectivity index is 2.06. The van der Waals surface area contributed by atoms with E-state index in [1.54, 1.807) is 6.20 Å². The second kappa shape index (κ2) is 6.08. The Morgan fingerprint density at radius 2 is 1.95 bits per heavy atom. The zero-order chi connectivity index (χ0) is 15.5. The lowest BCUT2D eigenvalue weighted by atomic mass is 9.84. The van der Waals surface area contributed by atoms with Crippen LogP contribution in [0.5, 0.6) is 0 Å². The first-order chi connectivity index (χ1) is 9.85. The van der Waals surface area contributed by atoms with Crippen molar-refractivity contribution in [3.05, 3.63) is 30.5 Å². The molecule has 0 radical (unpaired) electrons. The SMILES string of the molecule is CC(C)(C)CC(CNc1cnc2ccccc2n1)C(=O)O. The lowest BCUT2D eigenvalue weighted by Crippen LogP contribution is -2.27. The van der Waals surface area contributed by atoms with Crippen LogP contribution < -0.4 is 5.32 Å². The van der Waals surface area contributed by atoms with Crippen LogP contribution >= 0.6 is 0 Å². The summed E-state index contributed by atoms with van der Waals surface area (Å²) in [6.07, 6.45) is 2.24. The summed E-state index contributed by atoms with van der Waals surface area (Å²) in [6, 6.07) is 7.59. The summed E-state index contributed by atoms with van der Waals surface area (Å²) in [5.74, 6) is -0.627. The summed E-state index contributed by atoms with van der Waals surface area (Å²) in [5, 5.41) is 12.4. The largest absolute Gasteiger partial charge is 0.481 e. The lowest BCUT2D eigenvalue weighted by Gasteiger charge is -2.23. The normalized spacial score (nSPS) is 13.1. The zero-order valence-electron chi connectivity index (χ0n) is 12.6. The molecule has 1 aromatic heterocycles. The number of nitrogens with zero attached hydrogens (tertiary/aromatic N) is 2. The Morgan fingerprint density at radius 1 is 1.29 bits per heavy atom. The fraction of sp³-hybridized carbons (Fsp3) is 0.438. The molecule has 0 amide bonds. The maximum atomic E-state index is 11.3. The van der Waals surface area contributed by atoms with E-state index in [1.165, 1.54) is 0 Å². The third-order valence-corrected chi connectivity index (χ3v) is 3.19. The molecule has 0 spiro atoms. The molecular formula is C16H21N3O2. The minimum Gasteiger partial charge on any atom is -0.481 e. The van der Waals surface area contributed by atoms with Crippen molar-refractivity contribution in [1.82, 2.24) is 9.97 Å². The van der Waals surface area contributed by atoms with E-state index >= 15 is 0 Å². The molecule has 0 aliphatic rings. The highest BCUT2D eigenvalue weighted by molar-refractivity contribution is 5.75. The Bertz CT molecular complexity index is 635.